The van der Waals surface area contributed by atoms with E-state index in [0.29, 0.717) is 5.75 Å². The molecule has 0 saturated carbocycles. The van der Waals surface area contributed by atoms with Gasteiger partial charge in [-0.2, -0.15) is 12.6 Å². The summed E-state index contributed by atoms with van der Waals surface area (Å²) in [5.41, 5.74) is -0.143. The number of rotatable bonds is 7. The van der Waals surface area contributed by atoms with Gasteiger partial charge in [0.25, 0.3) is 0 Å². The number of thiol groups is 1. The number of ether oxygens (including phenoxy) is 1. The maximum atomic E-state index is 13.4. The van der Waals surface area contributed by atoms with Crippen LogP contribution in [-0.2, 0) is 14.1 Å². The average Bonchev–Trinajstić information content (AvgIpc) is 2.59. The Morgan fingerprint density at radius 3 is 2.41 bits per heavy atom. The Morgan fingerprint density at radius 2 is 1.78 bits per heavy atom. The largest absolute Gasteiger partial charge is 0.464 e. The van der Waals surface area contributed by atoms with E-state index in [-0.39, 0.29) is 12.0 Å². The third kappa shape index (κ3) is 6.00. The van der Waals surface area contributed by atoms with Gasteiger partial charge < -0.3 is 9.26 Å². The second kappa shape index (κ2) is 8.68. The molecule has 1 N–H and O–H groups in total. The van der Waals surface area contributed by atoms with Crippen LogP contribution in [-0.4, -0.2) is 23.6 Å². The van der Waals surface area contributed by atoms with Gasteiger partial charge in [0.15, 0.2) is 0 Å². The number of nitrogens with one attached hydrogen (secondary N) is 1. The van der Waals surface area contributed by atoms with E-state index in [2.05, 4.69) is 17.7 Å². The van der Waals surface area contributed by atoms with E-state index < -0.39 is 24.5 Å². The Hall–Kier alpha value is -1.49. The van der Waals surface area contributed by atoms with Crippen LogP contribution in [0.1, 0.15) is 34.6 Å². The lowest BCUT2D eigenvalue weighted by molar-refractivity contribution is -0.148. The zero-order chi connectivity index (χ0) is 20.2. The lowest BCUT2D eigenvalue weighted by Gasteiger charge is -2.27. The molecule has 0 aliphatic rings. The fourth-order valence-corrected chi connectivity index (χ4v) is 4.23. The predicted octanol–water partition coefficient (Wildman–Crippen LogP) is 5.25. The number of fused-ring (bicyclic) bond motifs is 1. The van der Waals surface area contributed by atoms with E-state index in [4.69, 9.17) is 9.26 Å². The van der Waals surface area contributed by atoms with Gasteiger partial charge in [-0.25, -0.2) is 5.09 Å². The number of esters is 1. The van der Waals surface area contributed by atoms with Crippen LogP contribution in [0.15, 0.2) is 42.5 Å². The summed E-state index contributed by atoms with van der Waals surface area (Å²) in [6, 6.07) is 12.4. The van der Waals surface area contributed by atoms with E-state index in [0.717, 1.165) is 10.8 Å². The minimum atomic E-state index is -3.48. The molecule has 7 heteroatoms. The molecule has 2 aromatic carbocycles. The van der Waals surface area contributed by atoms with Gasteiger partial charge in [-0.1, -0.05) is 57.2 Å². The maximum absolute atomic E-state index is 13.4. The van der Waals surface area contributed by atoms with Crippen molar-refractivity contribution in [2.24, 2.45) is 5.41 Å². The molecule has 5 nitrogen and oxygen atoms in total. The van der Waals surface area contributed by atoms with Gasteiger partial charge in [-0.05, 0) is 30.7 Å². The molecule has 27 heavy (non-hydrogen) atoms. The van der Waals surface area contributed by atoms with Crippen molar-refractivity contribution < 1.29 is 18.6 Å². The minimum absolute atomic E-state index is 0.143. The highest BCUT2D eigenvalue weighted by Crippen LogP contribution is 2.51. The molecular formula is C20H28NO4PS. The molecule has 148 valence electrons. The lowest BCUT2D eigenvalue weighted by Crippen LogP contribution is -2.37. The average molecular weight is 409 g/mol. The molecular weight excluding hydrogens is 381 g/mol. The number of carbonyl (C=O) groups excluding carboxylic acids is 1. The fourth-order valence-electron chi connectivity index (χ4n) is 2.37. The molecule has 2 aromatic rings. The number of hydrogen-bond acceptors (Lipinski definition) is 5. The fraction of sp³-hybridized carbons (Fsp3) is 0.450. The van der Waals surface area contributed by atoms with E-state index in [1.54, 1.807) is 19.9 Å². The van der Waals surface area contributed by atoms with E-state index in [9.17, 15) is 9.36 Å². The van der Waals surface area contributed by atoms with Crippen LogP contribution in [0, 0.1) is 5.41 Å². The number of benzene rings is 2. The van der Waals surface area contributed by atoms with E-state index >= 15 is 0 Å². The topological polar surface area (TPSA) is 64.6 Å². The molecule has 0 amide bonds. The first-order valence-electron chi connectivity index (χ1n) is 8.91. The van der Waals surface area contributed by atoms with Crippen LogP contribution >= 0.6 is 20.1 Å². The first-order valence-corrected chi connectivity index (χ1v) is 11.1. The summed E-state index contributed by atoms with van der Waals surface area (Å²) >= 11 is 4.34. The smallest absolute Gasteiger partial charge is 0.329 e. The van der Waals surface area contributed by atoms with Gasteiger partial charge >= 0.3 is 13.5 Å². The summed E-state index contributed by atoms with van der Waals surface area (Å²) in [5.74, 6) is 0.0146. The molecule has 0 aromatic heterocycles. The molecule has 2 unspecified atom stereocenters. The third-order valence-electron chi connectivity index (χ3n) is 3.85. The first-order chi connectivity index (χ1) is 12.5. The predicted molar refractivity (Wildman–Crippen MR) is 114 cm³/mol. The first kappa shape index (κ1) is 21.8. The van der Waals surface area contributed by atoms with Gasteiger partial charge in [0.05, 0.1) is 6.61 Å². The van der Waals surface area contributed by atoms with Crippen LogP contribution < -0.4 is 9.61 Å². The summed E-state index contributed by atoms with van der Waals surface area (Å²) in [4.78, 5) is 11.7. The Balaban J connectivity index is 2.19. The summed E-state index contributed by atoms with van der Waals surface area (Å²) in [6.07, 6.45) is 0. The van der Waals surface area contributed by atoms with Crippen LogP contribution in [0.2, 0.25) is 0 Å². The number of carbonyl (C=O) groups is 1. The van der Waals surface area contributed by atoms with Crippen molar-refractivity contribution in [1.29, 1.82) is 0 Å². The Morgan fingerprint density at radius 1 is 1.15 bits per heavy atom. The highest BCUT2D eigenvalue weighted by Gasteiger charge is 2.35. The van der Waals surface area contributed by atoms with Crippen molar-refractivity contribution in [3.63, 3.8) is 0 Å². The summed E-state index contributed by atoms with van der Waals surface area (Å²) in [7, 11) is -3.48. The van der Waals surface area contributed by atoms with E-state index in [1.165, 1.54) is 0 Å². The molecule has 0 radical (unpaired) electrons. The van der Waals surface area contributed by atoms with Gasteiger partial charge in [0.2, 0.25) is 0 Å². The summed E-state index contributed by atoms with van der Waals surface area (Å²) < 4.78 is 24.6. The molecule has 0 bridgehead atoms. The molecule has 0 fully saturated rings. The van der Waals surface area contributed by atoms with Crippen molar-refractivity contribution in [2.75, 3.05) is 6.61 Å². The zero-order valence-corrected chi connectivity index (χ0v) is 18.2. The normalized spacial score (nSPS) is 16.4. The molecule has 0 spiro atoms. The SMILES string of the molecule is CC(S)P(=O)(N[C@H](C)C(=O)OCC(C)(C)C)Oc1cccc2ccccc12. The standard InChI is InChI=1S/C20H28NO4PS/c1-14(19(22)24-13-20(3,4)5)21-26(23,15(2)27)25-18-12-8-10-16-9-6-7-11-17(16)18/h6-12,14-15,27H,13H2,1-5H3,(H,21,23)/t14-,15?,26?/m1/s1. The Kier molecular flexibility index (Phi) is 7.01. The maximum Gasteiger partial charge on any atom is 0.329 e. The van der Waals surface area contributed by atoms with Crippen LogP contribution in [0.4, 0.5) is 0 Å². The van der Waals surface area contributed by atoms with Crippen LogP contribution in [0.3, 0.4) is 0 Å². The second-order valence-electron chi connectivity index (χ2n) is 7.82. The quantitative estimate of drug-likeness (QED) is 0.371. The van der Waals surface area contributed by atoms with Gasteiger partial charge in [0.1, 0.15) is 16.8 Å². The number of hydrogen-bond donors (Lipinski definition) is 2. The molecule has 0 heterocycles. The monoisotopic (exact) mass is 409 g/mol. The Bertz CT molecular complexity index is 842. The van der Waals surface area contributed by atoms with Crippen molar-refractivity contribution >= 4 is 36.9 Å². The Labute approximate surface area is 166 Å². The molecule has 2 rings (SSSR count). The van der Waals surface area contributed by atoms with Gasteiger partial charge in [-0.3, -0.25) is 9.36 Å². The van der Waals surface area contributed by atoms with Crippen molar-refractivity contribution in [3.8, 4) is 5.75 Å². The molecule has 0 saturated heterocycles. The highest BCUT2D eigenvalue weighted by atomic mass is 32.1. The molecule has 3 atom stereocenters. The summed E-state index contributed by atoms with van der Waals surface area (Å²) in [6.45, 7) is 9.49. The van der Waals surface area contributed by atoms with Crippen molar-refractivity contribution in [1.82, 2.24) is 5.09 Å². The molecule has 0 aliphatic carbocycles. The summed E-state index contributed by atoms with van der Waals surface area (Å²) in [5, 5.41) is 4.65. The van der Waals surface area contributed by atoms with Crippen molar-refractivity contribution in [2.45, 2.75) is 45.7 Å². The van der Waals surface area contributed by atoms with Gasteiger partial charge in [-0.15, -0.1) is 0 Å². The van der Waals surface area contributed by atoms with Crippen LogP contribution in [0.5, 0.6) is 5.75 Å². The lowest BCUT2D eigenvalue weighted by atomic mass is 9.99. The highest BCUT2D eigenvalue weighted by molar-refractivity contribution is 7.90. The third-order valence-corrected chi connectivity index (χ3v) is 6.96. The molecule has 0 aliphatic heterocycles. The van der Waals surface area contributed by atoms with Crippen LogP contribution in [0.25, 0.3) is 10.8 Å². The minimum Gasteiger partial charge on any atom is -0.464 e. The zero-order valence-electron chi connectivity index (χ0n) is 16.4. The second-order valence-corrected chi connectivity index (χ2v) is 11.4. The van der Waals surface area contributed by atoms with E-state index in [1.807, 2.05) is 57.2 Å². The van der Waals surface area contributed by atoms with Gasteiger partial charge in [0, 0.05) is 5.39 Å². The van der Waals surface area contributed by atoms with Crippen molar-refractivity contribution in [3.05, 3.63) is 42.5 Å².